The number of carboxylic acids is 1. The van der Waals surface area contributed by atoms with Gasteiger partial charge in [-0.15, -0.1) is 0 Å². The Morgan fingerprint density at radius 3 is 2.65 bits per heavy atom. The van der Waals surface area contributed by atoms with Crippen molar-refractivity contribution in [1.29, 1.82) is 0 Å². The van der Waals surface area contributed by atoms with Crippen molar-refractivity contribution in [3.8, 4) is 5.69 Å². The van der Waals surface area contributed by atoms with Gasteiger partial charge in [-0.05, 0) is 24.6 Å². The van der Waals surface area contributed by atoms with E-state index in [0.29, 0.717) is 0 Å². The third-order valence-corrected chi connectivity index (χ3v) is 2.75. The second-order valence-electron chi connectivity index (χ2n) is 3.51. The molecule has 4 nitrogen and oxygen atoms in total. The van der Waals surface area contributed by atoms with E-state index >= 15 is 0 Å². The van der Waals surface area contributed by atoms with Crippen LogP contribution in [0.25, 0.3) is 5.69 Å². The Labute approximate surface area is 107 Å². The number of aryl methyl sites for hydroxylation is 1. The molecule has 0 aliphatic rings. The lowest BCUT2D eigenvalue weighted by Crippen LogP contribution is -2.04. The van der Waals surface area contributed by atoms with Crippen molar-refractivity contribution in [2.24, 2.45) is 0 Å². The Morgan fingerprint density at radius 2 is 2.06 bits per heavy atom. The van der Waals surface area contributed by atoms with Gasteiger partial charge in [-0.1, -0.05) is 34.1 Å². The molecular weight excluding hydrogens is 284 g/mol. The van der Waals surface area contributed by atoms with E-state index in [-0.39, 0.29) is 5.69 Å². The number of benzene rings is 1. The molecule has 2 aromatic rings. The molecule has 1 aromatic heterocycles. The molecule has 0 fully saturated rings. The third kappa shape index (κ3) is 2.55. The summed E-state index contributed by atoms with van der Waals surface area (Å²) in [7, 11) is 0. The van der Waals surface area contributed by atoms with Crippen LogP contribution >= 0.6 is 15.9 Å². The first-order valence-corrected chi connectivity index (χ1v) is 6.28. The highest BCUT2D eigenvalue weighted by molar-refractivity contribution is 9.09. The molecule has 0 saturated carbocycles. The Bertz CT molecular complexity index is 523. The number of para-hydroxylation sites is 1. The molecular formula is C12H11BrN2O2. The predicted molar refractivity (Wildman–Crippen MR) is 68.0 cm³/mol. The highest BCUT2D eigenvalue weighted by Gasteiger charge is 2.13. The largest absolute Gasteiger partial charge is 0.476 e. The van der Waals surface area contributed by atoms with Crippen molar-refractivity contribution in [2.45, 2.75) is 6.42 Å². The highest BCUT2D eigenvalue weighted by atomic mass is 79.9. The van der Waals surface area contributed by atoms with Gasteiger partial charge in [0, 0.05) is 11.0 Å². The molecule has 0 atom stereocenters. The number of nitrogens with zero attached hydrogens (tertiary/aromatic N) is 2. The van der Waals surface area contributed by atoms with Crippen molar-refractivity contribution in [3.05, 3.63) is 47.8 Å². The summed E-state index contributed by atoms with van der Waals surface area (Å²) in [5, 5.41) is 13.8. The smallest absolute Gasteiger partial charge is 0.356 e. The van der Waals surface area contributed by atoms with Crippen LogP contribution in [-0.4, -0.2) is 26.2 Å². The van der Waals surface area contributed by atoms with Gasteiger partial charge in [-0.3, -0.25) is 0 Å². The van der Waals surface area contributed by atoms with Gasteiger partial charge in [-0.2, -0.15) is 5.10 Å². The Kier molecular flexibility index (Phi) is 3.58. The van der Waals surface area contributed by atoms with Gasteiger partial charge in [0.2, 0.25) is 0 Å². The van der Waals surface area contributed by atoms with E-state index in [9.17, 15) is 4.79 Å². The lowest BCUT2D eigenvalue weighted by Gasteiger charge is -2.05. The summed E-state index contributed by atoms with van der Waals surface area (Å²) < 4.78 is 1.67. The van der Waals surface area contributed by atoms with Crippen molar-refractivity contribution in [3.63, 3.8) is 0 Å². The van der Waals surface area contributed by atoms with Crippen LogP contribution < -0.4 is 0 Å². The molecule has 2 rings (SSSR count). The first-order valence-electron chi connectivity index (χ1n) is 5.16. The second-order valence-corrected chi connectivity index (χ2v) is 4.31. The molecule has 88 valence electrons. The standard InChI is InChI=1S/C12H11BrN2O2/c13-7-6-10-8-11(12(16)17)14-15(10)9-4-2-1-3-5-9/h1-5,8H,6-7H2,(H,16,17). The van der Waals surface area contributed by atoms with Crippen molar-refractivity contribution in [1.82, 2.24) is 9.78 Å². The van der Waals surface area contributed by atoms with E-state index in [1.807, 2.05) is 30.3 Å². The van der Waals surface area contributed by atoms with Crippen LogP contribution in [0.1, 0.15) is 16.2 Å². The summed E-state index contributed by atoms with van der Waals surface area (Å²) in [5.74, 6) is -1.00. The van der Waals surface area contributed by atoms with Gasteiger partial charge in [0.1, 0.15) is 0 Å². The number of rotatable bonds is 4. The number of hydrogen-bond acceptors (Lipinski definition) is 2. The molecule has 0 radical (unpaired) electrons. The SMILES string of the molecule is O=C(O)c1cc(CCBr)n(-c2ccccc2)n1. The molecule has 0 amide bonds. The van der Waals surface area contributed by atoms with Crippen LogP contribution in [-0.2, 0) is 6.42 Å². The number of carboxylic acid groups (broad SMARTS) is 1. The summed E-state index contributed by atoms with van der Waals surface area (Å²) in [4.78, 5) is 10.9. The number of carbonyl (C=O) groups is 1. The van der Waals surface area contributed by atoms with E-state index in [1.54, 1.807) is 10.7 Å². The zero-order valence-electron chi connectivity index (χ0n) is 9.01. The summed E-state index contributed by atoms with van der Waals surface area (Å²) in [6, 6.07) is 11.1. The molecule has 1 aromatic carbocycles. The Morgan fingerprint density at radius 1 is 1.35 bits per heavy atom. The van der Waals surface area contributed by atoms with Crippen LogP contribution in [0, 0.1) is 0 Å². The van der Waals surface area contributed by atoms with Gasteiger partial charge in [0.25, 0.3) is 0 Å². The minimum Gasteiger partial charge on any atom is -0.476 e. The second kappa shape index (κ2) is 5.14. The minimum absolute atomic E-state index is 0.0739. The zero-order chi connectivity index (χ0) is 12.3. The fourth-order valence-corrected chi connectivity index (χ4v) is 2.00. The molecule has 1 N–H and O–H groups in total. The van der Waals surface area contributed by atoms with Crippen LogP contribution in [0.2, 0.25) is 0 Å². The molecule has 0 spiro atoms. The number of aromatic carboxylic acids is 1. The van der Waals surface area contributed by atoms with E-state index in [1.165, 1.54) is 0 Å². The van der Waals surface area contributed by atoms with Crippen LogP contribution in [0.15, 0.2) is 36.4 Å². The maximum Gasteiger partial charge on any atom is 0.356 e. The van der Waals surface area contributed by atoms with Crippen LogP contribution in [0.4, 0.5) is 0 Å². The van der Waals surface area contributed by atoms with E-state index < -0.39 is 5.97 Å². The van der Waals surface area contributed by atoms with Crippen molar-refractivity contribution >= 4 is 21.9 Å². The van der Waals surface area contributed by atoms with Crippen molar-refractivity contribution in [2.75, 3.05) is 5.33 Å². The Balaban J connectivity index is 2.48. The summed E-state index contributed by atoms with van der Waals surface area (Å²) in [6.45, 7) is 0. The molecule has 0 bridgehead atoms. The summed E-state index contributed by atoms with van der Waals surface area (Å²) in [5.41, 5.74) is 1.83. The third-order valence-electron chi connectivity index (χ3n) is 2.35. The summed E-state index contributed by atoms with van der Waals surface area (Å²) >= 11 is 3.35. The summed E-state index contributed by atoms with van der Waals surface area (Å²) in [6.07, 6.45) is 0.731. The van der Waals surface area contributed by atoms with E-state index in [4.69, 9.17) is 5.11 Å². The lowest BCUT2D eigenvalue weighted by molar-refractivity contribution is 0.0690. The maximum atomic E-state index is 10.9. The van der Waals surface area contributed by atoms with Crippen molar-refractivity contribution < 1.29 is 9.90 Å². The first-order chi connectivity index (χ1) is 8.22. The highest BCUT2D eigenvalue weighted by Crippen LogP contribution is 2.14. The first kappa shape index (κ1) is 11.9. The molecule has 0 aliphatic heterocycles. The lowest BCUT2D eigenvalue weighted by atomic mass is 10.2. The number of halogens is 1. The average Bonchev–Trinajstić information content (AvgIpc) is 2.75. The molecule has 1 heterocycles. The van der Waals surface area contributed by atoms with Crippen LogP contribution in [0.3, 0.4) is 0 Å². The molecule has 0 unspecified atom stereocenters. The topological polar surface area (TPSA) is 55.1 Å². The predicted octanol–water partition coefficient (Wildman–Crippen LogP) is 2.51. The molecule has 5 heteroatoms. The normalized spacial score (nSPS) is 10.4. The van der Waals surface area contributed by atoms with Gasteiger partial charge in [0.15, 0.2) is 5.69 Å². The van der Waals surface area contributed by atoms with Gasteiger partial charge < -0.3 is 5.11 Å². The fraction of sp³-hybridized carbons (Fsp3) is 0.167. The average molecular weight is 295 g/mol. The zero-order valence-corrected chi connectivity index (χ0v) is 10.6. The Hall–Kier alpha value is -1.62. The van der Waals surface area contributed by atoms with Gasteiger partial charge >= 0.3 is 5.97 Å². The van der Waals surface area contributed by atoms with Gasteiger partial charge in [0.05, 0.1) is 5.69 Å². The molecule has 17 heavy (non-hydrogen) atoms. The van der Waals surface area contributed by atoms with E-state index in [2.05, 4.69) is 21.0 Å². The fourth-order valence-electron chi connectivity index (χ4n) is 1.59. The monoisotopic (exact) mass is 294 g/mol. The maximum absolute atomic E-state index is 10.9. The van der Waals surface area contributed by atoms with Gasteiger partial charge in [-0.25, -0.2) is 9.48 Å². The van der Waals surface area contributed by atoms with E-state index in [0.717, 1.165) is 23.1 Å². The quantitative estimate of drug-likeness (QED) is 0.882. The van der Waals surface area contributed by atoms with Crippen LogP contribution in [0.5, 0.6) is 0 Å². The molecule has 0 saturated heterocycles. The number of hydrogen-bond donors (Lipinski definition) is 1. The minimum atomic E-state index is -1.00. The molecule has 0 aliphatic carbocycles. The number of aromatic nitrogens is 2. The number of alkyl halides is 1.